The van der Waals surface area contributed by atoms with Crippen LogP contribution in [0.5, 0.6) is 17.2 Å². The lowest BCUT2D eigenvalue weighted by Crippen LogP contribution is -2.39. The molecule has 2 amide bonds. The molecule has 3 aromatic rings. The van der Waals surface area contributed by atoms with Gasteiger partial charge in [0.1, 0.15) is 11.4 Å². The summed E-state index contributed by atoms with van der Waals surface area (Å²) in [6.07, 6.45) is 2.10. The highest BCUT2D eigenvalue weighted by molar-refractivity contribution is 5.98. The molecule has 1 fully saturated rings. The van der Waals surface area contributed by atoms with Crippen LogP contribution >= 0.6 is 0 Å². The molecule has 0 bridgehead atoms. The number of nitrogens with one attached hydrogen (secondary N) is 2. The third-order valence-electron chi connectivity index (χ3n) is 6.36. The van der Waals surface area contributed by atoms with Gasteiger partial charge in [0.15, 0.2) is 11.5 Å². The van der Waals surface area contributed by atoms with E-state index in [1.807, 2.05) is 47.4 Å². The molecule has 8 nitrogen and oxygen atoms in total. The number of hydrogen-bond donors (Lipinski definition) is 2. The second-order valence-corrected chi connectivity index (χ2v) is 8.54. The molecule has 5 rings (SSSR count). The first-order chi connectivity index (χ1) is 16.1. The Morgan fingerprint density at radius 2 is 1.91 bits per heavy atom. The summed E-state index contributed by atoms with van der Waals surface area (Å²) in [6.45, 7) is 1.99. The third kappa shape index (κ3) is 4.60. The van der Waals surface area contributed by atoms with E-state index in [9.17, 15) is 9.59 Å². The fourth-order valence-corrected chi connectivity index (χ4v) is 4.44. The number of nitrogens with zero attached hydrogens (tertiary/aromatic N) is 1. The van der Waals surface area contributed by atoms with E-state index >= 15 is 0 Å². The van der Waals surface area contributed by atoms with Gasteiger partial charge in [0.25, 0.3) is 5.91 Å². The average Bonchev–Trinajstić information content (AvgIpc) is 3.48. The Morgan fingerprint density at radius 1 is 1.09 bits per heavy atom. The highest BCUT2D eigenvalue weighted by Gasteiger charge is 2.26. The van der Waals surface area contributed by atoms with Crippen molar-refractivity contribution >= 4 is 22.7 Å². The molecule has 0 unspecified atom stereocenters. The van der Waals surface area contributed by atoms with E-state index in [1.165, 1.54) is 0 Å². The van der Waals surface area contributed by atoms with E-state index in [0.29, 0.717) is 37.5 Å². The predicted molar refractivity (Wildman–Crippen MR) is 123 cm³/mol. The van der Waals surface area contributed by atoms with Crippen LogP contribution < -0.4 is 19.5 Å². The van der Waals surface area contributed by atoms with Gasteiger partial charge < -0.3 is 29.4 Å². The van der Waals surface area contributed by atoms with E-state index in [4.69, 9.17) is 14.2 Å². The Bertz CT molecular complexity index is 1180. The molecule has 2 N–H and O–H groups in total. The lowest BCUT2D eigenvalue weighted by Gasteiger charge is -2.31. The van der Waals surface area contributed by atoms with Gasteiger partial charge in [0.2, 0.25) is 12.7 Å². The maximum absolute atomic E-state index is 13.0. The largest absolute Gasteiger partial charge is 0.497 e. The summed E-state index contributed by atoms with van der Waals surface area (Å²) in [6, 6.07) is 13.3. The molecular weight excluding hydrogens is 422 g/mol. The highest BCUT2D eigenvalue weighted by atomic mass is 16.7. The van der Waals surface area contributed by atoms with Gasteiger partial charge in [-0.1, -0.05) is 6.07 Å². The summed E-state index contributed by atoms with van der Waals surface area (Å²) >= 11 is 0. The van der Waals surface area contributed by atoms with Crippen LogP contribution in [0, 0.1) is 5.92 Å². The second kappa shape index (κ2) is 9.05. The number of rotatable bonds is 6. The molecule has 2 aliphatic rings. The normalized spacial score (nSPS) is 15.6. The molecule has 0 saturated carbocycles. The smallest absolute Gasteiger partial charge is 0.270 e. The Balaban J connectivity index is 1.10. The fraction of sp³-hybridized carbons (Fsp3) is 0.360. The predicted octanol–water partition coefficient (Wildman–Crippen LogP) is 3.46. The minimum Gasteiger partial charge on any atom is -0.497 e. The number of aromatic amines is 1. The van der Waals surface area contributed by atoms with E-state index in [2.05, 4.69) is 10.3 Å². The summed E-state index contributed by atoms with van der Waals surface area (Å²) in [4.78, 5) is 30.5. The summed E-state index contributed by atoms with van der Waals surface area (Å²) in [5.74, 6) is 2.50. The molecular formula is C25H27N3O5. The van der Waals surface area contributed by atoms with Crippen LogP contribution in [-0.4, -0.2) is 48.7 Å². The van der Waals surface area contributed by atoms with Crippen LogP contribution in [-0.2, 0) is 11.3 Å². The topological polar surface area (TPSA) is 92.9 Å². The Kier molecular flexibility index (Phi) is 5.81. The quantitative estimate of drug-likeness (QED) is 0.601. The van der Waals surface area contributed by atoms with Crippen molar-refractivity contribution in [2.45, 2.75) is 25.8 Å². The monoisotopic (exact) mass is 449 g/mol. The molecule has 8 heteroatoms. The number of ether oxygens (including phenoxy) is 3. The molecule has 172 valence electrons. The number of piperidine rings is 1. The zero-order chi connectivity index (χ0) is 22.8. The number of carbonyl (C=O) groups excluding carboxylic acids is 2. The molecule has 0 aliphatic carbocycles. The van der Waals surface area contributed by atoms with Gasteiger partial charge in [-0.2, -0.15) is 0 Å². The lowest BCUT2D eigenvalue weighted by molar-refractivity contribution is -0.122. The van der Waals surface area contributed by atoms with E-state index in [0.717, 1.165) is 40.8 Å². The maximum atomic E-state index is 13.0. The standard InChI is InChI=1S/C25H27N3O5/c1-31-19-4-3-18-12-21(27-20(18)13-19)25(30)28-8-6-16(7-9-28)11-24(29)26-14-17-2-5-22-23(10-17)33-15-32-22/h2-5,10,12-13,16,27H,6-9,11,14-15H2,1H3,(H,26,29). The zero-order valence-corrected chi connectivity index (χ0v) is 18.6. The lowest BCUT2D eigenvalue weighted by atomic mass is 9.93. The van der Waals surface area contributed by atoms with Crippen molar-refractivity contribution in [3.05, 3.63) is 53.7 Å². The Hall–Kier alpha value is -3.68. The van der Waals surface area contributed by atoms with Crippen molar-refractivity contribution in [3.8, 4) is 17.2 Å². The molecule has 0 radical (unpaired) electrons. The number of hydrogen-bond acceptors (Lipinski definition) is 5. The molecule has 0 spiro atoms. The molecule has 0 atom stereocenters. The van der Waals surface area contributed by atoms with E-state index in [1.54, 1.807) is 7.11 Å². The first-order valence-corrected chi connectivity index (χ1v) is 11.2. The van der Waals surface area contributed by atoms with Crippen molar-refractivity contribution in [2.75, 3.05) is 27.0 Å². The maximum Gasteiger partial charge on any atom is 0.270 e. The molecule has 2 aliphatic heterocycles. The molecule has 1 saturated heterocycles. The minimum atomic E-state index is -0.00382. The number of methoxy groups -OCH3 is 1. The third-order valence-corrected chi connectivity index (χ3v) is 6.36. The SMILES string of the molecule is COc1ccc2cc(C(=O)N3CCC(CC(=O)NCc4ccc5c(c4)OCO5)CC3)[nH]c2c1. The summed E-state index contributed by atoms with van der Waals surface area (Å²) in [5.41, 5.74) is 2.44. The number of H-pyrrole nitrogens is 1. The fourth-order valence-electron chi connectivity index (χ4n) is 4.44. The number of likely N-dealkylation sites (tertiary alicyclic amines) is 1. The van der Waals surface area contributed by atoms with Crippen molar-refractivity contribution in [2.24, 2.45) is 5.92 Å². The minimum absolute atomic E-state index is 0.00382. The molecule has 3 heterocycles. The van der Waals surface area contributed by atoms with Gasteiger partial charge in [-0.3, -0.25) is 9.59 Å². The zero-order valence-electron chi connectivity index (χ0n) is 18.6. The molecule has 2 aromatic carbocycles. The van der Waals surface area contributed by atoms with Crippen molar-refractivity contribution in [1.82, 2.24) is 15.2 Å². The molecule has 33 heavy (non-hydrogen) atoms. The Labute approximate surface area is 191 Å². The van der Waals surface area contributed by atoms with Gasteiger partial charge in [0, 0.05) is 43.0 Å². The van der Waals surface area contributed by atoms with Crippen LogP contribution in [0.25, 0.3) is 10.9 Å². The number of aromatic nitrogens is 1. The van der Waals surface area contributed by atoms with Gasteiger partial charge in [0.05, 0.1) is 7.11 Å². The summed E-state index contributed by atoms with van der Waals surface area (Å²) in [5, 5.41) is 3.97. The number of amides is 2. The van der Waals surface area contributed by atoms with Crippen molar-refractivity contribution < 1.29 is 23.8 Å². The van der Waals surface area contributed by atoms with Crippen LogP contribution in [0.3, 0.4) is 0 Å². The van der Waals surface area contributed by atoms with Gasteiger partial charge in [-0.15, -0.1) is 0 Å². The van der Waals surface area contributed by atoms with Crippen molar-refractivity contribution in [1.29, 1.82) is 0 Å². The van der Waals surface area contributed by atoms with Crippen LogP contribution in [0.2, 0.25) is 0 Å². The van der Waals surface area contributed by atoms with Gasteiger partial charge >= 0.3 is 0 Å². The van der Waals surface area contributed by atoms with Gasteiger partial charge in [-0.25, -0.2) is 0 Å². The molecule has 1 aromatic heterocycles. The average molecular weight is 450 g/mol. The van der Waals surface area contributed by atoms with Crippen LogP contribution in [0.4, 0.5) is 0 Å². The highest BCUT2D eigenvalue weighted by Crippen LogP contribution is 2.32. The first kappa shape index (κ1) is 21.2. The summed E-state index contributed by atoms with van der Waals surface area (Å²) in [7, 11) is 1.62. The number of benzene rings is 2. The van der Waals surface area contributed by atoms with Crippen LogP contribution in [0.15, 0.2) is 42.5 Å². The second-order valence-electron chi connectivity index (χ2n) is 8.54. The van der Waals surface area contributed by atoms with E-state index < -0.39 is 0 Å². The van der Waals surface area contributed by atoms with Gasteiger partial charge in [-0.05, 0) is 54.7 Å². The van der Waals surface area contributed by atoms with Crippen LogP contribution in [0.1, 0.15) is 35.3 Å². The first-order valence-electron chi connectivity index (χ1n) is 11.2. The summed E-state index contributed by atoms with van der Waals surface area (Å²) < 4.78 is 15.9. The Morgan fingerprint density at radius 3 is 2.73 bits per heavy atom. The number of fused-ring (bicyclic) bond motifs is 2. The van der Waals surface area contributed by atoms with Crippen molar-refractivity contribution in [3.63, 3.8) is 0 Å². The van der Waals surface area contributed by atoms with E-state index in [-0.39, 0.29) is 24.5 Å². The number of carbonyl (C=O) groups is 2.